The van der Waals surface area contributed by atoms with E-state index in [1.54, 1.807) is 25.5 Å². The van der Waals surface area contributed by atoms with Crippen molar-refractivity contribution >= 4 is 61.8 Å². The number of hydrogen-bond acceptors (Lipinski definition) is 6. The van der Waals surface area contributed by atoms with Crippen LogP contribution in [0.3, 0.4) is 0 Å². The Kier molecular flexibility index (Phi) is 7.18. The van der Waals surface area contributed by atoms with Gasteiger partial charge < -0.3 is 9.47 Å². The molecule has 1 N–H and O–H groups in total. The summed E-state index contributed by atoms with van der Waals surface area (Å²) >= 11 is 17.2. The first-order valence-electron chi connectivity index (χ1n) is 8.11. The predicted octanol–water partition coefficient (Wildman–Crippen LogP) is 6.55. The first kappa shape index (κ1) is 20.9. The van der Waals surface area contributed by atoms with E-state index in [9.17, 15) is 0 Å². The lowest BCUT2D eigenvalue weighted by molar-refractivity contribution is 0.284. The van der Waals surface area contributed by atoms with Crippen molar-refractivity contribution in [2.24, 2.45) is 5.10 Å². The van der Waals surface area contributed by atoms with Crippen LogP contribution in [0.1, 0.15) is 16.8 Å². The van der Waals surface area contributed by atoms with E-state index in [1.807, 2.05) is 30.5 Å². The van der Waals surface area contributed by atoms with Gasteiger partial charge in [0.25, 0.3) is 0 Å². The SMILES string of the molecule is COc1cc(C=NNc2nc(C)cs2)c(Br)cc1OCc1ccc(Cl)cc1Cl. The number of benzene rings is 2. The maximum absolute atomic E-state index is 6.20. The fraction of sp³-hybridized carbons (Fsp3) is 0.158. The lowest BCUT2D eigenvalue weighted by Crippen LogP contribution is -2.00. The zero-order valence-electron chi connectivity index (χ0n) is 15.0. The number of aromatic nitrogens is 1. The fourth-order valence-electron chi connectivity index (χ4n) is 2.28. The Morgan fingerprint density at radius 1 is 1.25 bits per heavy atom. The molecule has 0 saturated heterocycles. The summed E-state index contributed by atoms with van der Waals surface area (Å²) in [5.41, 5.74) is 5.52. The molecule has 146 valence electrons. The maximum atomic E-state index is 6.20. The van der Waals surface area contributed by atoms with Gasteiger partial charge in [0, 0.05) is 31.0 Å². The van der Waals surface area contributed by atoms with Gasteiger partial charge in [0.2, 0.25) is 5.13 Å². The molecule has 3 aromatic rings. The van der Waals surface area contributed by atoms with Gasteiger partial charge in [-0.2, -0.15) is 5.10 Å². The van der Waals surface area contributed by atoms with Crippen LogP contribution in [0.2, 0.25) is 10.0 Å². The van der Waals surface area contributed by atoms with E-state index >= 15 is 0 Å². The molecule has 28 heavy (non-hydrogen) atoms. The van der Waals surface area contributed by atoms with Gasteiger partial charge in [-0.15, -0.1) is 11.3 Å². The quantitative estimate of drug-likeness (QED) is 0.295. The molecule has 0 aliphatic carbocycles. The number of rotatable bonds is 7. The van der Waals surface area contributed by atoms with Crippen LogP contribution in [0.25, 0.3) is 0 Å². The van der Waals surface area contributed by atoms with Crippen LogP contribution in [0.4, 0.5) is 5.13 Å². The molecule has 0 spiro atoms. The van der Waals surface area contributed by atoms with Gasteiger partial charge in [-0.05, 0) is 47.1 Å². The third-order valence-corrected chi connectivity index (χ3v) is 5.80. The number of ether oxygens (including phenoxy) is 2. The molecule has 0 atom stereocenters. The van der Waals surface area contributed by atoms with Crippen LogP contribution in [-0.4, -0.2) is 18.3 Å². The highest BCUT2D eigenvalue weighted by molar-refractivity contribution is 9.10. The first-order chi connectivity index (χ1) is 13.5. The molecule has 0 aliphatic rings. The number of methoxy groups -OCH3 is 1. The van der Waals surface area contributed by atoms with Crippen molar-refractivity contribution < 1.29 is 9.47 Å². The van der Waals surface area contributed by atoms with Crippen LogP contribution in [-0.2, 0) is 6.61 Å². The van der Waals surface area contributed by atoms with Gasteiger partial charge in [-0.1, -0.05) is 29.3 Å². The average molecular weight is 501 g/mol. The maximum Gasteiger partial charge on any atom is 0.203 e. The molecule has 1 aromatic heterocycles. The zero-order valence-corrected chi connectivity index (χ0v) is 18.9. The summed E-state index contributed by atoms with van der Waals surface area (Å²) in [6.45, 7) is 2.22. The van der Waals surface area contributed by atoms with Gasteiger partial charge in [-0.3, -0.25) is 5.43 Å². The molecule has 2 aromatic carbocycles. The van der Waals surface area contributed by atoms with E-state index in [4.69, 9.17) is 32.7 Å². The summed E-state index contributed by atoms with van der Waals surface area (Å²) in [5, 5.41) is 8.04. The van der Waals surface area contributed by atoms with E-state index in [0.717, 1.165) is 26.4 Å². The molecule has 1 heterocycles. The Labute approximate surface area is 185 Å². The molecule has 9 heteroatoms. The number of nitrogens with one attached hydrogen (secondary N) is 1. The van der Waals surface area contributed by atoms with Gasteiger partial charge in [0.15, 0.2) is 11.5 Å². The molecule has 0 amide bonds. The molecule has 0 unspecified atom stereocenters. The van der Waals surface area contributed by atoms with Crippen molar-refractivity contribution in [2.75, 3.05) is 12.5 Å². The fourth-order valence-corrected chi connectivity index (χ4v) is 3.80. The minimum absolute atomic E-state index is 0.289. The number of hydrazone groups is 1. The van der Waals surface area contributed by atoms with E-state index in [1.165, 1.54) is 11.3 Å². The van der Waals surface area contributed by atoms with Gasteiger partial charge in [0.05, 0.1) is 19.0 Å². The summed E-state index contributed by atoms with van der Waals surface area (Å²) in [5.74, 6) is 1.17. The summed E-state index contributed by atoms with van der Waals surface area (Å²) < 4.78 is 12.2. The van der Waals surface area contributed by atoms with E-state index in [2.05, 4.69) is 31.4 Å². The van der Waals surface area contributed by atoms with Crippen molar-refractivity contribution in [3.05, 3.63) is 67.1 Å². The normalized spacial score (nSPS) is 11.0. The number of hydrogen-bond donors (Lipinski definition) is 1. The van der Waals surface area contributed by atoms with Crippen molar-refractivity contribution in [1.82, 2.24) is 4.98 Å². The van der Waals surface area contributed by atoms with Gasteiger partial charge in [0.1, 0.15) is 6.61 Å². The standard InChI is InChI=1S/C19H16BrCl2N3O2S/c1-11-10-28-19(24-11)25-23-8-13-5-17(26-2)18(7-15(13)20)27-9-12-3-4-14(21)6-16(12)22/h3-8,10H,9H2,1-2H3,(H,24,25). The molecular formula is C19H16BrCl2N3O2S. The highest BCUT2D eigenvalue weighted by Crippen LogP contribution is 2.34. The van der Waals surface area contributed by atoms with Crippen LogP contribution < -0.4 is 14.9 Å². The highest BCUT2D eigenvalue weighted by atomic mass is 79.9. The molecule has 0 radical (unpaired) electrons. The van der Waals surface area contributed by atoms with Crippen LogP contribution in [0.5, 0.6) is 11.5 Å². The minimum Gasteiger partial charge on any atom is -0.493 e. The number of aryl methyl sites for hydroxylation is 1. The van der Waals surface area contributed by atoms with Crippen molar-refractivity contribution in [2.45, 2.75) is 13.5 Å². The van der Waals surface area contributed by atoms with Crippen molar-refractivity contribution in [1.29, 1.82) is 0 Å². The summed E-state index contributed by atoms with van der Waals surface area (Å²) in [4.78, 5) is 4.30. The van der Waals surface area contributed by atoms with Crippen molar-refractivity contribution in [3.8, 4) is 11.5 Å². The second-order valence-corrected chi connectivity index (χ2v) is 8.27. The second kappa shape index (κ2) is 9.60. The smallest absolute Gasteiger partial charge is 0.203 e. The number of nitrogens with zero attached hydrogens (tertiary/aromatic N) is 2. The largest absolute Gasteiger partial charge is 0.493 e. The molecule has 0 saturated carbocycles. The molecule has 5 nitrogen and oxygen atoms in total. The third kappa shape index (κ3) is 5.38. The lowest BCUT2D eigenvalue weighted by Gasteiger charge is -2.13. The second-order valence-electron chi connectivity index (χ2n) is 5.71. The number of halogens is 3. The molecule has 3 rings (SSSR count). The highest BCUT2D eigenvalue weighted by Gasteiger charge is 2.11. The molecular weight excluding hydrogens is 485 g/mol. The molecule has 0 bridgehead atoms. The van der Waals surface area contributed by atoms with E-state index in [-0.39, 0.29) is 6.61 Å². The third-order valence-electron chi connectivity index (χ3n) is 3.66. The Balaban J connectivity index is 1.73. The summed E-state index contributed by atoms with van der Waals surface area (Å²) in [6.07, 6.45) is 1.68. The van der Waals surface area contributed by atoms with E-state index in [0.29, 0.717) is 21.5 Å². The summed E-state index contributed by atoms with van der Waals surface area (Å²) in [7, 11) is 1.59. The minimum atomic E-state index is 0.289. The Morgan fingerprint density at radius 2 is 2.07 bits per heavy atom. The van der Waals surface area contributed by atoms with Crippen LogP contribution in [0, 0.1) is 6.92 Å². The number of thiazole rings is 1. The predicted molar refractivity (Wildman–Crippen MR) is 120 cm³/mol. The van der Waals surface area contributed by atoms with Crippen molar-refractivity contribution in [3.63, 3.8) is 0 Å². The van der Waals surface area contributed by atoms with Gasteiger partial charge in [-0.25, -0.2) is 4.98 Å². The topological polar surface area (TPSA) is 55.7 Å². The van der Waals surface area contributed by atoms with Gasteiger partial charge >= 0.3 is 0 Å². The first-order valence-corrected chi connectivity index (χ1v) is 10.5. The Bertz CT molecular complexity index is 1010. The van der Waals surface area contributed by atoms with Crippen LogP contribution >= 0.6 is 50.5 Å². The number of anilines is 1. The summed E-state index contributed by atoms with van der Waals surface area (Å²) in [6, 6.07) is 8.96. The zero-order chi connectivity index (χ0) is 20.1. The Morgan fingerprint density at radius 3 is 2.75 bits per heavy atom. The van der Waals surface area contributed by atoms with E-state index < -0.39 is 0 Å². The average Bonchev–Trinajstić information content (AvgIpc) is 3.07. The lowest BCUT2D eigenvalue weighted by atomic mass is 10.2. The molecule has 0 fully saturated rings. The monoisotopic (exact) mass is 499 g/mol. The van der Waals surface area contributed by atoms with Crippen LogP contribution in [0.15, 0.2) is 45.3 Å². The Hall–Kier alpha value is -1.80. The molecule has 0 aliphatic heterocycles.